The molecule has 9 nitrogen and oxygen atoms in total. The maximum Gasteiger partial charge on any atom is 0.279 e. The van der Waals surface area contributed by atoms with E-state index in [1.165, 1.54) is 31.2 Å². The molecule has 1 aliphatic heterocycles. The van der Waals surface area contributed by atoms with E-state index in [9.17, 15) is 22.4 Å². The molecule has 1 heterocycles. The first-order valence-corrected chi connectivity index (χ1v) is 11.9. The van der Waals surface area contributed by atoms with Gasteiger partial charge in [-0.25, -0.2) is 12.8 Å². The fourth-order valence-corrected chi connectivity index (χ4v) is 4.37. The predicted molar refractivity (Wildman–Crippen MR) is 119 cm³/mol. The van der Waals surface area contributed by atoms with Crippen molar-refractivity contribution in [2.75, 3.05) is 0 Å². The summed E-state index contributed by atoms with van der Waals surface area (Å²) in [5.41, 5.74) is 4.92. The summed E-state index contributed by atoms with van der Waals surface area (Å²) in [4.78, 5) is 29.5. The molecular formula is C22H25FN4O5S. The first kappa shape index (κ1) is 24.2. The van der Waals surface area contributed by atoms with Gasteiger partial charge in [0, 0.05) is 5.56 Å². The zero-order chi connectivity index (χ0) is 24.0. The number of nitrogens with zero attached hydrogens (tertiary/aromatic N) is 1. The minimum atomic E-state index is -3.75. The van der Waals surface area contributed by atoms with Crippen molar-refractivity contribution in [2.24, 2.45) is 4.99 Å². The van der Waals surface area contributed by atoms with Crippen molar-refractivity contribution in [1.29, 1.82) is 0 Å². The molecular weight excluding hydrogens is 451 g/mol. The van der Waals surface area contributed by atoms with Crippen molar-refractivity contribution in [2.45, 2.75) is 50.2 Å². The maximum atomic E-state index is 13.7. The van der Waals surface area contributed by atoms with Gasteiger partial charge >= 0.3 is 0 Å². The molecule has 2 aromatic rings. The van der Waals surface area contributed by atoms with Crippen LogP contribution < -0.4 is 20.3 Å². The molecule has 2 amide bonds. The van der Waals surface area contributed by atoms with Crippen LogP contribution in [0.2, 0.25) is 0 Å². The van der Waals surface area contributed by atoms with Gasteiger partial charge in [-0.05, 0) is 37.6 Å². The van der Waals surface area contributed by atoms with Crippen molar-refractivity contribution >= 4 is 27.7 Å². The zero-order valence-corrected chi connectivity index (χ0v) is 19.0. The molecule has 0 aliphatic carbocycles. The van der Waals surface area contributed by atoms with Crippen LogP contribution in [0.1, 0.15) is 38.7 Å². The number of nitrogens with one attached hydrogen (secondary N) is 3. The summed E-state index contributed by atoms with van der Waals surface area (Å²) < 4.78 is 46.0. The van der Waals surface area contributed by atoms with Gasteiger partial charge in [0.05, 0.1) is 4.90 Å². The zero-order valence-electron chi connectivity index (χ0n) is 18.2. The summed E-state index contributed by atoms with van der Waals surface area (Å²) in [6, 6.07) is 11.0. The van der Waals surface area contributed by atoms with Crippen LogP contribution in [0, 0.1) is 5.82 Å². The van der Waals surface area contributed by atoms with Crippen LogP contribution in [-0.2, 0) is 19.6 Å². The van der Waals surface area contributed by atoms with Gasteiger partial charge in [0.1, 0.15) is 11.9 Å². The predicted octanol–water partition coefficient (Wildman–Crippen LogP) is 2.04. The molecule has 0 saturated carbocycles. The summed E-state index contributed by atoms with van der Waals surface area (Å²) in [7, 11) is -3.75. The van der Waals surface area contributed by atoms with E-state index >= 15 is 0 Å². The fourth-order valence-electron chi connectivity index (χ4n) is 3.13. The fraction of sp³-hybridized carbons (Fsp3) is 0.318. The van der Waals surface area contributed by atoms with Crippen molar-refractivity contribution in [3.8, 4) is 5.75 Å². The first-order chi connectivity index (χ1) is 15.7. The smallest absolute Gasteiger partial charge is 0.279 e. The molecule has 3 rings (SSSR count). The third-order valence-corrected chi connectivity index (χ3v) is 6.30. The van der Waals surface area contributed by atoms with E-state index in [0.29, 0.717) is 18.4 Å². The monoisotopic (exact) mass is 476 g/mol. The molecule has 0 saturated heterocycles. The average Bonchev–Trinajstić information content (AvgIpc) is 3.06. The van der Waals surface area contributed by atoms with Gasteiger partial charge < -0.3 is 4.74 Å². The van der Waals surface area contributed by atoms with Crippen LogP contribution in [0.3, 0.4) is 0 Å². The van der Waals surface area contributed by atoms with E-state index < -0.39 is 39.8 Å². The van der Waals surface area contributed by atoms with Crippen molar-refractivity contribution in [1.82, 2.24) is 15.6 Å². The van der Waals surface area contributed by atoms with Gasteiger partial charge in [0.25, 0.3) is 21.8 Å². The van der Waals surface area contributed by atoms with Crippen LogP contribution in [0.5, 0.6) is 5.75 Å². The summed E-state index contributed by atoms with van der Waals surface area (Å²) in [5.74, 6) is -1.95. The average molecular weight is 477 g/mol. The molecule has 2 aromatic carbocycles. The SMILES string of the molecule is CCCCC(N=C1NS(=O)(=O)c2ccccc21)C(=O)NNC(=O)C(C)Oc1ccccc1F. The number of carbonyl (C=O) groups is 2. The van der Waals surface area contributed by atoms with E-state index in [-0.39, 0.29) is 16.5 Å². The molecule has 2 atom stereocenters. The summed E-state index contributed by atoms with van der Waals surface area (Å²) >= 11 is 0. The molecule has 2 unspecified atom stereocenters. The molecule has 3 N–H and O–H groups in total. The number of rotatable bonds is 8. The summed E-state index contributed by atoms with van der Waals surface area (Å²) in [6.45, 7) is 3.35. The van der Waals surface area contributed by atoms with Gasteiger partial charge in [0.2, 0.25) is 0 Å². The minimum absolute atomic E-state index is 0.0735. The number of hydrogen-bond donors (Lipinski definition) is 3. The van der Waals surface area contributed by atoms with E-state index in [2.05, 4.69) is 20.6 Å². The number of para-hydroxylation sites is 1. The van der Waals surface area contributed by atoms with Gasteiger partial charge in [-0.3, -0.25) is 30.2 Å². The molecule has 0 fully saturated rings. The van der Waals surface area contributed by atoms with Crippen LogP contribution in [0.4, 0.5) is 4.39 Å². The third-order valence-electron chi connectivity index (χ3n) is 4.90. The van der Waals surface area contributed by atoms with Crippen LogP contribution in [0.15, 0.2) is 58.4 Å². The van der Waals surface area contributed by atoms with Crippen molar-refractivity contribution in [3.63, 3.8) is 0 Å². The second kappa shape index (κ2) is 10.4. The van der Waals surface area contributed by atoms with Crippen LogP contribution >= 0.6 is 0 Å². The number of hydrogen-bond acceptors (Lipinski definition) is 6. The number of fused-ring (bicyclic) bond motifs is 1. The Kier molecular flexibility index (Phi) is 7.64. The summed E-state index contributed by atoms with van der Waals surface area (Å²) in [6.07, 6.45) is 0.699. The lowest BCUT2D eigenvalue weighted by Gasteiger charge is -2.17. The molecule has 0 bridgehead atoms. The number of halogens is 1. The molecule has 11 heteroatoms. The normalized spacial score (nSPS) is 16.9. The van der Waals surface area contributed by atoms with Gasteiger partial charge in [-0.15, -0.1) is 0 Å². The molecule has 0 spiro atoms. The number of amidine groups is 1. The Balaban J connectivity index is 1.68. The van der Waals surface area contributed by atoms with E-state index in [1.807, 2.05) is 6.92 Å². The van der Waals surface area contributed by atoms with Gasteiger partial charge in [0.15, 0.2) is 17.7 Å². The van der Waals surface area contributed by atoms with Crippen LogP contribution in [-0.4, -0.2) is 38.2 Å². The number of aliphatic imine (C=N–C) groups is 1. The number of ether oxygens (including phenoxy) is 1. The van der Waals surface area contributed by atoms with E-state index in [1.54, 1.807) is 24.3 Å². The number of sulfonamides is 1. The molecule has 0 aromatic heterocycles. The topological polar surface area (TPSA) is 126 Å². The van der Waals surface area contributed by atoms with Gasteiger partial charge in [-0.1, -0.05) is 44.0 Å². The lowest BCUT2D eigenvalue weighted by atomic mass is 10.1. The second-order valence-corrected chi connectivity index (χ2v) is 9.06. The largest absolute Gasteiger partial charge is 0.478 e. The highest BCUT2D eigenvalue weighted by atomic mass is 32.2. The standard InChI is InChI=1S/C22H25FN4O5S/c1-3-4-11-17(24-20-15-9-5-8-13-19(15)33(30,31)27-20)22(29)26-25-21(28)14(2)32-18-12-7-6-10-16(18)23/h5-10,12-14,17H,3-4,11H2,1-2H3,(H,24,27)(H,25,28)(H,26,29). The number of hydrazine groups is 1. The molecule has 1 aliphatic rings. The Morgan fingerprint density at radius 3 is 2.48 bits per heavy atom. The first-order valence-electron chi connectivity index (χ1n) is 10.4. The molecule has 0 radical (unpaired) electrons. The number of carbonyl (C=O) groups excluding carboxylic acids is 2. The highest BCUT2D eigenvalue weighted by molar-refractivity contribution is 7.90. The van der Waals surface area contributed by atoms with E-state index in [4.69, 9.17) is 4.74 Å². The number of benzene rings is 2. The van der Waals surface area contributed by atoms with Crippen molar-refractivity contribution in [3.05, 3.63) is 59.9 Å². The molecule has 176 valence electrons. The number of amides is 2. The third kappa shape index (κ3) is 5.86. The minimum Gasteiger partial charge on any atom is -0.478 e. The van der Waals surface area contributed by atoms with Crippen LogP contribution in [0.25, 0.3) is 0 Å². The Hall–Kier alpha value is -3.47. The lowest BCUT2D eigenvalue weighted by molar-refractivity contribution is -0.133. The Labute approximate surface area is 191 Å². The Bertz CT molecular complexity index is 1170. The quantitative estimate of drug-likeness (QED) is 0.503. The van der Waals surface area contributed by atoms with Gasteiger partial charge in [-0.2, -0.15) is 0 Å². The second-order valence-electron chi connectivity index (χ2n) is 7.41. The maximum absolute atomic E-state index is 13.7. The van der Waals surface area contributed by atoms with Crippen molar-refractivity contribution < 1.29 is 27.1 Å². The lowest BCUT2D eigenvalue weighted by Crippen LogP contribution is -2.50. The highest BCUT2D eigenvalue weighted by Gasteiger charge is 2.32. The number of unbranched alkanes of at least 4 members (excludes halogenated alkanes) is 1. The summed E-state index contributed by atoms with van der Waals surface area (Å²) in [5, 5.41) is 0. The Morgan fingerprint density at radius 2 is 1.76 bits per heavy atom. The Morgan fingerprint density at radius 1 is 1.09 bits per heavy atom. The highest BCUT2D eigenvalue weighted by Crippen LogP contribution is 2.23. The van der Waals surface area contributed by atoms with E-state index in [0.717, 1.165) is 6.42 Å². The molecule has 33 heavy (non-hydrogen) atoms.